The van der Waals surface area contributed by atoms with E-state index in [0.717, 1.165) is 41.8 Å². The van der Waals surface area contributed by atoms with E-state index in [2.05, 4.69) is 47.5 Å². The van der Waals surface area contributed by atoms with Gasteiger partial charge in [-0.3, -0.25) is 5.43 Å². The maximum Gasteiger partial charge on any atom is 0.204 e. The Morgan fingerprint density at radius 3 is 2.91 bits per heavy atom. The van der Waals surface area contributed by atoms with Gasteiger partial charge in [-0.05, 0) is 44.2 Å². The van der Waals surface area contributed by atoms with Crippen LogP contribution in [0.3, 0.4) is 0 Å². The van der Waals surface area contributed by atoms with E-state index in [0.29, 0.717) is 0 Å². The number of thiazole rings is 1. The highest BCUT2D eigenvalue weighted by Crippen LogP contribution is 2.34. The zero-order valence-corrected chi connectivity index (χ0v) is 14.4. The summed E-state index contributed by atoms with van der Waals surface area (Å²) in [7, 11) is 0. The van der Waals surface area contributed by atoms with Gasteiger partial charge in [0.15, 0.2) is 0 Å². The molecule has 1 aromatic heterocycles. The van der Waals surface area contributed by atoms with Crippen molar-refractivity contribution < 1.29 is 0 Å². The zero-order valence-electron chi connectivity index (χ0n) is 13.6. The molecule has 0 atom stereocenters. The Hall–Kier alpha value is -1.62. The molecule has 2 aromatic rings. The normalized spacial score (nSPS) is 17.2. The van der Waals surface area contributed by atoms with E-state index in [-0.39, 0.29) is 0 Å². The number of aromatic nitrogens is 1. The van der Waals surface area contributed by atoms with Gasteiger partial charge in [0, 0.05) is 18.8 Å². The molecule has 5 heteroatoms. The van der Waals surface area contributed by atoms with Crippen molar-refractivity contribution in [3.05, 3.63) is 18.2 Å². The average molecular weight is 316 g/mol. The zero-order chi connectivity index (χ0) is 15.5. The fourth-order valence-corrected chi connectivity index (χ4v) is 3.54. The van der Waals surface area contributed by atoms with E-state index < -0.39 is 0 Å². The van der Waals surface area contributed by atoms with Crippen LogP contribution in [0, 0.1) is 5.92 Å². The molecule has 0 radical (unpaired) electrons. The average Bonchev–Trinajstić information content (AvgIpc) is 2.96. The number of benzene rings is 1. The molecule has 4 nitrogen and oxygen atoms in total. The summed E-state index contributed by atoms with van der Waals surface area (Å²) in [4.78, 5) is 7.25. The minimum absolute atomic E-state index is 0.842. The number of para-hydroxylation sites is 1. The quantitative estimate of drug-likeness (QED) is 0.655. The van der Waals surface area contributed by atoms with E-state index in [1.54, 1.807) is 11.3 Å². The van der Waals surface area contributed by atoms with Crippen molar-refractivity contribution in [2.75, 3.05) is 23.4 Å². The van der Waals surface area contributed by atoms with Crippen LogP contribution in [0.4, 0.5) is 10.8 Å². The first-order valence-electron chi connectivity index (χ1n) is 8.11. The number of fused-ring (bicyclic) bond motifs is 1. The minimum Gasteiger partial charge on any atom is -0.370 e. The lowest BCUT2D eigenvalue weighted by Crippen LogP contribution is -2.32. The van der Waals surface area contributed by atoms with Crippen LogP contribution in [0.15, 0.2) is 23.3 Å². The first kappa shape index (κ1) is 15.3. The fraction of sp³-hybridized carbons (Fsp3) is 0.529. The highest BCUT2D eigenvalue weighted by molar-refractivity contribution is 7.22. The fourth-order valence-electron chi connectivity index (χ4n) is 2.71. The van der Waals surface area contributed by atoms with Crippen LogP contribution in [-0.2, 0) is 0 Å². The molecule has 0 bridgehead atoms. The van der Waals surface area contributed by atoms with Crippen LogP contribution in [0.1, 0.15) is 40.0 Å². The predicted octanol–water partition coefficient (Wildman–Crippen LogP) is 4.73. The number of rotatable bonds is 4. The lowest BCUT2D eigenvalue weighted by Gasteiger charge is -2.32. The maximum atomic E-state index is 4.77. The van der Waals surface area contributed by atoms with Crippen molar-refractivity contribution in [1.29, 1.82) is 0 Å². The van der Waals surface area contributed by atoms with Crippen molar-refractivity contribution in [2.45, 2.75) is 40.0 Å². The number of hydrazone groups is 1. The Bertz CT molecular complexity index is 668. The van der Waals surface area contributed by atoms with Crippen molar-refractivity contribution in [3.63, 3.8) is 0 Å². The van der Waals surface area contributed by atoms with Crippen molar-refractivity contribution in [1.82, 2.24) is 4.98 Å². The summed E-state index contributed by atoms with van der Waals surface area (Å²) in [6.07, 6.45) is 3.49. The molecule has 1 N–H and O–H groups in total. The summed E-state index contributed by atoms with van der Waals surface area (Å²) in [6, 6.07) is 6.48. The molecule has 0 saturated carbocycles. The van der Waals surface area contributed by atoms with Crippen molar-refractivity contribution in [3.8, 4) is 0 Å². The second-order valence-corrected chi connectivity index (χ2v) is 7.16. The third kappa shape index (κ3) is 3.24. The van der Waals surface area contributed by atoms with Crippen LogP contribution in [0.2, 0.25) is 0 Å². The van der Waals surface area contributed by atoms with Gasteiger partial charge >= 0.3 is 0 Å². The minimum atomic E-state index is 0.842. The molecule has 2 heterocycles. The molecule has 118 valence electrons. The van der Waals surface area contributed by atoms with Crippen molar-refractivity contribution >= 4 is 38.1 Å². The summed E-state index contributed by atoms with van der Waals surface area (Å²) < 4.78 is 1.22. The van der Waals surface area contributed by atoms with Gasteiger partial charge in [-0.2, -0.15) is 5.10 Å². The Morgan fingerprint density at radius 2 is 2.18 bits per heavy atom. The van der Waals surface area contributed by atoms with Crippen LogP contribution in [0.5, 0.6) is 0 Å². The molecular weight excluding hydrogens is 292 g/mol. The van der Waals surface area contributed by atoms with E-state index in [4.69, 9.17) is 4.98 Å². The third-order valence-corrected chi connectivity index (χ3v) is 5.30. The molecule has 0 spiro atoms. The van der Waals surface area contributed by atoms with Crippen LogP contribution < -0.4 is 10.3 Å². The van der Waals surface area contributed by atoms with Gasteiger partial charge in [0.2, 0.25) is 5.13 Å². The topological polar surface area (TPSA) is 40.5 Å². The van der Waals surface area contributed by atoms with Gasteiger partial charge in [-0.25, -0.2) is 4.98 Å². The number of anilines is 2. The monoisotopic (exact) mass is 316 g/mol. The van der Waals surface area contributed by atoms with Gasteiger partial charge in [-0.15, -0.1) is 0 Å². The van der Waals surface area contributed by atoms with Crippen LogP contribution in [0.25, 0.3) is 10.2 Å². The lowest BCUT2D eigenvalue weighted by molar-refractivity contribution is 0.439. The molecule has 1 aromatic carbocycles. The highest BCUT2D eigenvalue weighted by atomic mass is 32.1. The molecule has 1 saturated heterocycles. The van der Waals surface area contributed by atoms with Gasteiger partial charge in [0.05, 0.1) is 10.4 Å². The predicted molar refractivity (Wildman–Crippen MR) is 97.3 cm³/mol. The molecule has 1 fully saturated rings. The van der Waals surface area contributed by atoms with E-state index in [1.165, 1.54) is 23.2 Å². The standard InChI is InChI=1S/C17H24N4S/c1-4-13(3)19-20-17-18-16-14(6-5-7-15(16)22-17)21-10-8-12(2)9-11-21/h5-7,12H,4,8-11H2,1-3H3,(H,18,20)/b19-13+. The summed E-state index contributed by atoms with van der Waals surface area (Å²) in [6.45, 7) is 8.74. The molecule has 1 aliphatic rings. The highest BCUT2D eigenvalue weighted by Gasteiger charge is 2.19. The summed E-state index contributed by atoms with van der Waals surface area (Å²) in [5.74, 6) is 0.842. The lowest BCUT2D eigenvalue weighted by atomic mass is 9.99. The molecule has 22 heavy (non-hydrogen) atoms. The van der Waals surface area contributed by atoms with Gasteiger partial charge < -0.3 is 4.90 Å². The number of hydrogen-bond acceptors (Lipinski definition) is 5. The maximum absolute atomic E-state index is 4.77. The van der Waals surface area contributed by atoms with Gasteiger partial charge in [-0.1, -0.05) is 31.3 Å². The second-order valence-electron chi connectivity index (χ2n) is 6.12. The van der Waals surface area contributed by atoms with E-state index >= 15 is 0 Å². The Morgan fingerprint density at radius 1 is 1.41 bits per heavy atom. The number of hydrogen-bond donors (Lipinski definition) is 1. The third-order valence-electron chi connectivity index (χ3n) is 4.38. The molecule has 1 aliphatic heterocycles. The largest absolute Gasteiger partial charge is 0.370 e. The van der Waals surface area contributed by atoms with Gasteiger partial charge in [0.25, 0.3) is 0 Å². The first-order chi connectivity index (χ1) is 10.7. The molecule has 0 unspecified atom stereocenters. The molecular formula is C17H24N4S. The Balaban J connectivity index is 1.87. The smallest absolute Gasteiger partial charge is 0.204 e. The van der Waals surface area contributed by atoms with E-state index in [1.807, 2.05) is 6.92 Å². The molecule has 3 rings (SSSR count). The Kier molecular flexibility index (Phi) is 4.62. The van der Waals surface area contributed by atoms with E-state index in [9.17, 15) is 0 Å². The number of nitrogens with zero attached hydrogens (tertiary/aromatic N) is 3. The molecule has 0 amide bonds. The molecule has 0 aliphatic carbocycles. The number of piperidine rings is 1. The summed E-state index contributed by atoms with van der Waals surface area (Å²) in [5, 5.41) is 5.24. The Labute approximate surface area is 136 Å². The van der Waals surface area contributed by atoms with Crippen molar-refractivity contribution in [2.24, 2.45) is 11.0 Å². The second kappa shape index (κ2) is 6.65. The SMILES string of the molecule is CC/C(C)=N/Nc1nc2c(N3CCC(C)CC3)cccc2s1. The van der Waals surface area contributed by atoms with Crippen LogP contribution >= 0.6 is 11.3 Å². The summed E-state index contributed by atoms with van der Waals surface area (Å²) >= 11 is 1.67. The van der Waals surface area contributed by atoms with Gasteiger partial charge in [0.1, 0.15) is 5.52 Å². The first-order valence-corrected chi connectivity index (χ1v) is 8.92. The number of nitrogens with one attached hydrogen (secondary N) is 1. The van der Waals surface area contributed by atoms with Crippen LogP contribution in [-0.4, -0.2) is 23.8 Å². The summed E-state index contributed by atoms with van der Waals surface area (Å²) in [5.41, 5.74) is 6.56.